The van der Waals surface area contributed by atoms with Gasteiger partial charge in [0.25, 0.3) is 0 Å². The molecular weight excluding hydrogens is 222 g/mol. The summed E-state index contributed by atoms with van der Waals surface area (Å²) in [6.07, 6.45) is 7.00. The summed E-state index contributed by atoms with van der Waals surface area (Å²) in [7, 11) is 4.44. The van der Waals surface area contributed by atoms with Crippen LogP contribution in [0.4, 0.5) is 0 Å². The normalized spacial score (nSPS) is 33.7. The summed E-state index contributed by atoms with van der Waals surface area (Å²) in [5.74, 6) is 0.872. The minimum Gasteiger partial charge on any atom is -0.317 e. The highest BCUT2D eigenvalue weighted by Crippen LogP contribution is 2.26. The van der Waals surface area contributed by atoms with Crippen molar-refractivity contribution in [1.82, 2.24) is 15.1 Å². The van der Waals surface area contributed by atoms with Crippen LogP contribution in [0, 0.1) is 5.92 Å². The van der Waals surface area contributed by atoms with E-state index >= 15 is 0 Å². The molecule has 1 saturated heterocycles. The van der Waals surface area contributed by atoms with Crippen LogP contribution in [0.3, 0.4) is 0 Å². The van der Waals surface area contributed by atoms with Gasteiger partial charge in [0.2, 0.25) is 0 Å². The van der Waals surface area contributed by atoms with E-state index in [4.69, 9.17) is 0 Å². The van der Waals surface area contributed by atoms with Crippen LogP contribution in [0.1, 0.15) is 39.0 Å². The van der Waals surface area contributed by atoms with Gasteiger partial charge in [-0.2, -0.15) is 0 Å². The fourth-order valence-corrected chi connectivity index (χ4v) is 3.99. The Morgan fingerprint density at radius 1 is 1.17 bits per heavy atom. The number of nitrogens with one attached hydrogen (secondary N) is 1. The quantitative estimate of drug-likeness (QED) is 0.778. The lowest BCUT2D eigenvalue weighted by molar-refractivity contribution is 0.177. The molecule has 1 aliphatic heterocycles. The number of likely N-dealkylation sites (N-methyl/N-ethyl adjacent to an activating group) is 2. The molecular formula is C15H31N3. The fraction of sp³-hybridized carbons (Fsp3) is 1.00. The Balaban J connectivity index is 1.76. The number of hydrogen-bond donors (Lipinski definition) is 1. The average Bonchev–Trinajstić information content (AvgIpc) is 2.97. The van der Waals surface area contributed by atoms with Gasteiger partial charge in [0, 0.05) is 25.2 Å². The Hall–Kier alpha value is -0.120. The van der Waals surface area contributed by atoms with Crippen LogP contribution in [0.2, 0.25) is 0 Å². The second-order valence-corrected chi connectivity index (χ2v) is 6.23. The zero-order chi connectivity index (χ0) is 13.0. The van der Waals surface area contributed by atoms with E-state index in [0.717, 1.165) is 18.0 Å². The van der Waals surface area contributed by atoms with Crippen molar-refractivity contribution in [1.29, 1.82) is 0 Å². The first kappa shape index (κ1) is 14.3. The summed E-state index contributed by atoms with van der Waals surface area (Å²) in [6.45, 7) is 7.38. The highest BCUT2D eigenvalue weighted by Gasteiger charge is 2.29. The molecule has 0 bridgehead atoms. The molecule has 3 heteroatoms. The molecule has 3 atom stereocenters. The van der Waals surface area contributed by atoms with Crippen molar-refractivity contribution in [2.45, 2.75) is 51.1 Å². The Bertz CT molecular complexity index is 220. The van der Waals surface area contributed by atoms with E-state index in [-0.39, 0.29) is 0 Å². The van der Waals surface area contributed by atoms with Crippen LogP contribution in [0.5, 0.6) is 0 Å². The molecule has 2 fully saturated rings. The van der Waals surface area contributed by atoms with Gasteiger partial charge in [-0.15, -0.1) is 0 Å². The summed E-state index contributed by atoms with van der Waals surface area (Å²) < 4.78 is 0. The standard InChI is InChI=1S/C15H31N3/c1-4-18-10-6-8-14(18)12-17(3)11-13-7-5-9-15(13)16-2/h13-16H,4-12H2,1-3H3. The molecule has 0 aromatic rings. The molecule has 18 heavy (non-hydrogen) atoms. The van der Waals surface area contributed by atoms with Crippen LogP contribution in [-0.4, -0.2) is 62.2 Å². The van der Waals surface area contributed by atoms with Crippen LogP contribution < -0.4 is 5.32 Å². The summed E-state index contributed by atoms with van der Waals surface area (Å²) >= 11 is 0. The highest BCUT2D eigenvalue weighted by atomic mass is 15.2. The van der Waals surface area contributed by atoms with E-state index in [0.29, 0.717) is 0 Å². The predicted molar refractivity (Wildman–Crippen MR) is 78.0 cm³/mol. The van der Waals surface area contributed by atoms with Crippen LogP contribution in [0.15, 0.2) is 0 Å². The summed E-state index contributed by atoms with van der Waals surface area (Å²) in [6, 6.07) is 1.58. The molecule has 1 heterocycles. The van der Waals surface area contributed by atoms with E-state index < -0.39 is 0 Å². The number of nitrogens with zero attached hydrogens (tertiary/aromatic N) is 2. The summed E-state index contributed by atoms with van der Waals surface area (Å²) in [4.78, 5) is 5.24. The van der Waals surface area contributed by atoms with E-state index in [1.807, 2.05) is 0 Å². The molecule has 0 amide bonds. The van der Waals surface area contributed by atoms with Crippen LogP contribution >= 0.6 is 0 Å². The number of hydrogen-bond acceptors (Lipinski definition) is 3. The monoisotopic (exact) mass is 253 g/mol. The maximum Gasteiger partial charge on any atom is 0.0223 e. The topological polar surface area (TPSA) is 18.5 Å². The molecule has 0 aromatic heterocycles. The highest BCUT2D eigenvalue weighted by molar-refractivity contribution is 4.86. The maximum absolute atomic E-state index is 3.50. The third-order valence-electron chi connectivity index (χ3n) is 5.00. The molecule has 106 valence electrons. The zero-order valence-electron chi connectivity index (χ0n) is 12.5. The third kappa shape index (κ3) is 3.46. The lowest BCUT2D eigenvalue weighted by atomic mass is 10.0. The van der Waals surface area contributed by atoms with Crippen molar-refractivity contribution in [3.63, 3.8) is 0 Å². The van der Waals surface area contributed by atoms with Gasteiger partial charge in [0.05, 0.1) is 0 Å². The Morgan fingerprint density at radius 2 is 2.00 bits per heavy atom. The average molecular weight is 253 g/mol. The molecule has 1 aliphatic carbocycles. The fourth-order valence-electron chi connectivity index (χ4n) is 3.99. The van der Waals surface area contributed by atoms with E-state index in [1.54, 1.807) is 0 Å². The summed E-state index contributed by atoms with van der Waals surface area (Å²) in [5.41, 5.74) is 0. The zero-order valence-corrected chi connectivity index (χ0v) is 12.5. The largest absolute Gasteiger partial charge is 0.317 e. The number of likely N-dealkylation sites (tertiary alicyclic amines) is 1. The third-order valence-corrected chi connectivity index (χ3v) is 5.00. The van der Waals surface area contributed by atoms with Gasteiger partial charge in [-0.3, -0.25) is 4.90 Å². The predicted octanol–water partition coefficient (Wildman–Crippen LogP) is 1.79. The Kier molecular flexibility index (Phi) is 5.46. The van der Waals surface area contributed by atoms with Crippen molar-refractivity contribution in [3.05, 3.63) is 0 Å². The Labute approximate surface area is 113 Å². The molecule has 2 aliphatic rings. The van der Waals surface area contributed by atoms with Gasteiger partial charge in [0.1, 0.15) is 0 Å². The molecule has 3 unspecified atom stereocenters. The second-order valence-electron chi connectivity index (χ2n) is 6.23. The Morgan fingerprint density at radius 3 is 2.72 bits per heavy atom. The van der Waals surface area contributed by atoms with Gasteiger partial charge in [0.15, 0.2) is 0 Å². The molecule has 0 aromatic carbocycles. The van der Waals surface area contributed by atoms with Crippen molar-refractivity contribution in [2.75, 3.05) is 40.3 Å². The van der Waals surface area contributed by atoms with Gasteiger partial charge in [-0.25, -0.2) is 0 Å². The SMILES string of the molecule is CCN1CCCC1CN(C)CC1CCCC1NC. The van der Waals surface area contributed by atoms with Gasteiger partial charge in [-0.1, -0.05) is 13.3 Å². The van der Waals surface area contributed by atoms with E-state index in [2.05, 4.69) is 36.1 Å². The van der Waals surface area contributed by atoms with Crippen molar-refractivity contribution < 1.29 is 0 Å². The van der Waals surface area contributed by atoms with E-state index in [1.165, 1.54) is 58.3 Å². The minimum absolute atomic E-state index is 0.762. The summed E-state index contributed by atoms with van der Waals surface area (Å²) in [5, 5.41) is 3.50. The van der Waals surface area contributed by atoms with Gasteiger partial charge in [-0.05, 0) is 58.8 Å². The van der Waals surface area contributed by atoms with Crippen molar-refractivity contribution in [2.24, 2.45) is 5.92 Å². The molecule has 0 radical (unpaired) electrons. The molecule has 0 spiro atoms. The van der Waals surface area contributed by atoms with Crippen LogP contribution in [0.25, 0.3) is 0 Å². The molecule has 1 saturated carbocycles. The van der Waals surface area contributed by atoms with Crippen molar-refractivity contribution in [3.8, 4) is 0 Å². The lowest BCUT2D eigenvalue weighted by Crippen LogP contribution is -2.42. The molecule has 1 N–H and O–H groups in total. The maximum atomic E-state index is 3.50. The van der Waals surface area contributed by atoms with Gasteiger partial charge < -0.3 is 10.2 Å². The van der Waals surface area contributed by atoms with Crippen molar-refractivity contribution >= 4 is 0 Å². The minimum atomic E-state index is 0.762. The van der Waals surface area contributed by atoms with Crippen LogP contribution in [-0.2, 0) is 0 Å². The second kappa shape index (κ2) is 6.88. The smallest absolute Gasteiger partial charge is 0.0223 e. The molecule has 2 rings (SSSR count). The first-order valence-electron chi connectivity index (χ1n) is 7.84. The van der Waals surface area contributed by atoms with Gasteiger partial charge >= 0.3 is 0 Å². The molecule has 3 nitrogen and oxygen atoms in total. The lowest BCUT2D eigenvalue weighted by Gasteiger charge is -2.30. The first-order chi connectivity index (χ1) is 8.74. The first-order valence-corrected chi connectivity index (χ1v) is 7.84. The number of rotatable bonds is 6. The van der Waals surface area contributed by atoms with E-state index in [9.17, 15) is 0 Å².